The number of anilines is 1. The Morgan fingerprint density at radius 1 is 1.18 bits per heavy atom. The van der Waals surface area contributed by atoms with Gasteiger partial charge in [-0.1, -0.05) is 23.4 Å². The average Bonchev–Trinajstić information content (AvgIpc) is 3.45. The van der Waals surface area contributed by atoms with Crippen LogP contribution in [0.5, 0.6) is 0 Å². The van der Waals surface area contributed by atoms with E-state index in [1.807, 2.05) is 0 Å². The molecule has 0 unspecified atom stereocenters. The minimum absolute atomic E-state index is 0.0403. The van der Waals surface area contributed by atoms with Gasteiger partial charge in [0.25, 0.3) is 0 Å². The average molecular weight is 452 g/mol. The predicted octanol–water partition coefficient (Wildman–Crippen LogP) is 2.19. The molecule has 4 aromatic rings. The second kappa shape index (κ2) is 8.15. The van der Waals surface area contributed by atoms with Crippen molar-refractivity contribution in [2.45, 2.75) is 18.9 Å². The number of hydrogen-bond acceptors (Lipinski definition) is 8. The molecule has 0 spiro atoms. The van der Waals surface area contributed by atoms with E-state index in [1.54, 1.807) is 30.3 Å². The van der Waals surface area contributed by atoms with Crippen LogP contribution in [0.4, 0.5) is 10.1 Å². The van der Waals surface area contributed by atoms with E-state index in [2.05, 4.69) is 20.2 Å². The summed E-state index contributed by atoms with van der Waals surface area (Å²) in [5.41, 5.74) is 4.20. The zero-order valence-corrected chi connectivity index (χ0v) is 17.1. The Morgan fingerprint density at radius 3 is 2.55 bits per heavy atom. The Morgan fingerprint density at radius 2 is 1.91 bits per heavy atom. The van der Waals surface area contributed by atoms with Gasteiger partial charge in [0.2, 0.25) is 5.41 Å². The molecule has 0 aliphatic heterocycles. The second-order valence-corrected chi connectivity index (χ2v) is 7.28. The molecule has 0 saturated carbocycles. The summed E-state index contributed by atoms with van der Waals surface area (Å²) >= 11 is 0. The van der Waals surface area contributed by atoms with Crippen LogP contribution in [0.1, 0.15) is 18.2 Å². The Bertz CT molecular complexity index is 1340. The summed E-state index contributed by atoms with van der Waals surface area (Å²) in [5.74, 6) is -3.77. The van der Waals surface area contributed by atoms with Crippen molar-refractivity contribution in [3.8, 4) is 22.9 Å². The molecule has 3 aromatic heterocycles. The smallest absolute Gasteiger partial charge is 0.327 e. The van der Waals surface area contributed by atoms with Crippen LogP contribution in [0.3, 0.4) is 0 Å². The van der Waals surface area contributed by atoms with Gasteiger partial charge in [-0.15, -0.1) is 0 Å². The maximum Gasteiger partial charge on any atom is 0.327 e. The standard InChI is InChI=1S/C21H17FN6O5/c1-21(19(29)30,20(31)32)17-13(23)9-24-18(25-17)15-8-16(14-6-7-33-27-14)28(26-15)10-11-4-2-3-5-12(11)22/h2-9H,10,23H2,1H3,(H,29,30)(H,31,32). The molecule has 0 atom stereocenters. The third-order valence-electron chi connectivity index (χ3n) is 5.13. The lowest BCUT2D eigenvalue weighted by molar-refractivity contribution is -0.156. The molecule has 0 fully saturated rings. The van der Waals surface area contributed by atoms with Crippen LogP contribution in [0.15, 0.2) is 53.4 Å². The number of carboxylic acid groups (broad SMARTS) is 2. The molecule has 0 bridgehead atoms. The van der Waals surface area contributed by atoms with Crippen molar-refractivity contribution in [1.29, 1.82) is 0 Å². The van der Waals surface area contributed by atoms with Gasteiger partial charge < -0.3 is 20.5 Å². The molecule has 0 radical (unpaired) electrons. The number of aromatic nitrogens is 5. The fourth-order valence-corrected chi connectivity index (χ4v) is 3.19. The highest BCUT2D eigenvalue weighted by Gasteiger charge is 2.47. The summed E-state index contributed by atoms with van der Waals surface area (Å²) in [6.07, 6.45) is 2.48. The van der Waals surface area contributed by atoms with Gasteiger partial charge in [0, 0.05) is 11.6 Å². The normalized spacial score (nSPS) is 11.5. The van der Waals surface area contributed by atoms with E-state index in [0.717, 1.165) is 13.1 Å². The van der Waals surface area contributed by atoms with Gasteiger partial charge in [0.15, 0.2) is 5.82 Å². The lowest BCUT2D eigenvalue weighted by Gasteiger charge is -2.20. The summed E-state index contributed by atoms with van der Waals surface area (Å²) < 4.78 is 20.6. The van der Waals surface area contributed by atoms with Crippen molar-refractivity contribution in [3.05, 3.63) is 65.9 Å². The molecule has 3 heterocycles. The first-order valence-electron chi connectivity index (χ1n) is 9.54. The Kier molecular flexibility index (Phi) is 5.34. The predicted molar refractivity (Wildman–Crippen MR) is 111 cm³/mol. The molecule has 0 amide bonds. The lowest BCUT2D eigenvalue weighted by Crippen LogP contribution is -2.42. The van der Waals surface area contributed by atoms with Crippen molar-refractivity contribution in [2.24, 2.45) is 0 Å². The third kappa shape index (κ3) is 3.78. The van der Waals surface area contributed by atoms with E-state index in [1.165, 1.54) is 17.0 Å². The number of carboxylic acids is 2. The minimum Gasteiger partial charge on any atom is -0.480 e. The van der Waals surface area contributed by atoms with Gasteiger partial charge in [-0.3, -0.25) is 14.3 Å². The number of rotatable bonds is 7. The zero-order chi connectivity index (χ0) is 23.8. The highest BCUT2D eigenvalue weighted by molar-refractivity contribution is 6.04. The fraction of sp³-hybridized carbons (Fsp3) is 0.143. The van der Waals surface area contributed by atoms with Crippen LogP contribution in [0, 0.1) is 5.82 Å². The van der Waals surface area contributed by atoms with Crippen molar-refractivity contribution in [2.75, 3.05) is 5.73 Å². The largest absolute Gasteiger partial charge is 0.480 e. The van der Waals surface area contributed by atoms with Gasteiger partial charge >= 0.3 is 11.9 Å². The van der Waals surface area contributed by atoms with Crippen molar-refractivity contribution < 1.29 is 28.7 Å². The second-order valence-electron chi connectivity index (χ2n) is 7.28. The molecule has 0 aliphatic rings. The molecule has 11 nitrogen and oxygen atoms in total. The molecular formula is C21H17FN6O5. The van der Waals surface area contributed by atoms with Crippen LogP contribution in [-0.4, -0.2) is 47.1 Å². The molecule has 4 N–H and O–H groups in total. The van der Waals surface area contributed by atoms with Crippen molar-refractivity contribution in [3.63, 3.8) is 0 Å². The fourth-order valence-electron chi connectivity index (χ4n) is 3.19. The molecule has 33 heavy (non-hydrogen) atoms. The topological polar surface area (TPSA) is 170 Å². The first kappa shape index (κ1) is 21.6. The molecule has 0 saturated heterocycles. The monoisotopic (exact) mass is 452 g/mol. The molecule has 12 heteroatoms. The molecule has 1 aromatic carbocycles. The van der Waals surface area contributed by atoms with Crippen LogP contribution < -0.4 is 5.73 Å². The quantitative estimate of drug-likeness (QED) is 0.353. The maximum atomic E-state index is 14.2. The van der Waals surface area contributed by atoms with Gasteiger partial charge in [-0.25, -0.2) is 14.4 Å². The van der Waals surface area contributed by atoms with Crippen molar-refractivity contribution in [1.82, 2.24) is 24.9 Å². The molecule has 0 aliphatic carbocycles. The zero-order valence-electron chi connectivity index (χ0n) is 17.1. The number of nitrogens with zero attached hydrogens (tertiary/aromatic N) is 5. The first-order valence-corrected chi connectivity index (χ1v) is 9.54. The number of halogens is 1. The van der Waals surface area contributed by atoms with E-state index in [4.69, 9.17) is 10.3 Å². The summed E-state index contributed by atoms with van der Waals surface area (Å²) in [6, 6.07) is 9.31. The Labute approximate surface area is 185 Å². The highest BCUT2D eigenvalue weighted by Crippen LogP contribution is 2.31. The number of benzene rings is 1. The number of carbonyl (C=O) groups is 2. The van der Waals surface area contributed by atoms with E-state index >= 15 is 0 Å². The minimum atomic E-state index is -2.41. The van der Waals surface area contributed by atoms with Crippen LogP contribution in [-0.2, 0) is 21.5 Å². The van der Waals surface area contributed by atoms with E-state index < -0.39 is 23.2 Å². The summed E-state index contributed by atoms with van der Waals surface area (Å²) in [6.45, 7) is 1.02. The van der Waals surface area contributed by atoms with Gasteiger partial charge in [-0.2, -0.15) is 5.10 Å². The third-order valence-corrected chi connectivity index (χ3v) is 5.13. The highest BCUT2D eigenvalue weighted by atomic mass is 19.1. The van der Waals surface area contributed by atoms with Crippen LogP contribution >= 0.6 is 0 Å². The first-order chi connectivity index (χ1) is 15.7. The van der Waals surface area contributed by atoms with Gasteiger partial charge in [0.05, 0.1) is 29.8 Å². The van der Waals surface area contributed by atoms with Crippen LogP contribution in [0.25, 0.3) is 22.9 Å². The van der Waals surface area contributed by atoms with E-state index in [9.17, 15) is 24.2 Å². The molecule has 168 valence electrons. The van der Waals surface area contributed by atoms with Gasteiger partial charge in [-0.05, 0) is 19.1 Å². The summed E-state index contributed by atoms with van der Waals surface area (Å²) in [7, 11) is 0. The maximum absolute atomic E-state index is 14.2. The Balaban J connectivity index is 1.84. The number of aliphatic carboxylic acids is 2. The lowest BCUT2D eigenvalue weighted by atomic mass is 9.86. The Hall–Kier alpha value is -4.61. The van der Waals surface area contributed by atoms with Gasteiger partial charge in [0.1, 0.15) is 23.5 Å². The number of nitrogens with two attached hydrogens (primary N) is 1. The molecular weight excluding hydrogens is 435 g/mol. The SMILES string of the molecule is CC(C(=O)O)(C(=O)O)c1nc(-c2cc(-c3ccon3)n(Cc3ccccc3F)n2)ncc1N. The van der Waals surface area contributed by atoms with E-state index in [-0.39, 0.29) is 29.4 Å². The summed E-state index contributed by atoms with van der Waals surface area (Å²) in [4.78, 5) is 31.7. The van der Waals surface area contributed by atoms with Crippen molar-refractivity contribution >= 4 is 17.6 Å². The van der Waals surface area contributed by atoms with Crippen LogP contribution in [0.2, 0.25) is 0 Å². The molecule has 4 rings (SSSR count). The number of hydrogen-bond donors (Lipinski definition) is 3. The van der Waals surface area contributed by atoms with E-state index in [0.29, 0.717) is 17.0 Å². The number of nitrogen functional groups attached to an aromatic ring is 1. The summed E-state index contributed by atoms with van der Waals surface area (Å²) in [5, 5.41) is 27.4.